The van der Waals surface area contributed by atoms with Crippen LogP contribution in [-0.4, -0.2) is 10.9 Å². The van der Waals surface area contributed by atoms with Crippen LogP contribution in [0.5, 0.6) is 5.75 Å². The number of aromatic hydroxyl groups is 1. The molecule has 1 N–H and O–H groups in total. The predicted octanol–water partition coefficient (Wildman–Crippen LogP) is 3.98. The summed E-state index contributed by atoms with van der Waals surface area (Å²) >= 11 is 0. The second-order valence-corrected chi connectivity index (χ2v) is 7.39. The average Bonchev–Trinajstić information content (AvgIpc) is 2.70. The average molecular weight is 282 g/mol. The molecule has 2 fully saturated rings. The van der Waals surface area contributed by atoms with Crippen molar-refractivity contribution in [2.45, 2.75) is 44.9 Å². The Labute approximate surface area is 125 Å². The zero-order chi connectivity index (χ0) is 14.8. The molecule has 1 aromatic rings. The molecule has 3 aliphatic carbocycles. The molecule has 0 amide bonds. The van der Waals surface area contributed by atoms with Crippen molar-refractivity contribution in [3.05, 3.63) is 41.5 Å². The standard InChI is InChI=1S/C19H22O2/c1-11-9-17-16-5-3-12-10-13(20)4-6-14(12)15(16)7-8-19(17,2)18(11)21/h4,6,10,15-17,20H,1,3,5,7-9H2,2H3/t15-,16-,17+,19+/m1/s1. The maximum atomic E-state index is 12.5. The van der Waals surface area contributed by atoms with Gasteiger partial charge < -0.3 is 5.11 Å². The summed E-state index contributed by atoms with van der Waals surface area (Å²) in [6.07, 6.45) is 5.13. The predicted molar refractivity (Wildman–Crippen MR) is 82.3 cm³/mol. The van der Waals surface area contributed by atoms with Gasteiger partial charge in [0.1, 0.15) is 5.75 Å². The summed E-state index contributed by atoms with van der Waals surface area (Å²) in [4.78, 5) is 12.5. The van der Waals surface area contributed by atoms with Crippen molar-refractivity contribution in [3.63, 3.8) is 0 Å². The summed E-state index contributed by atoms with van der Waals surface area (Å²) < 4.78 is 0. The number of aryl methyl sites for hydroxylation is 1. The van der Waals surface area contributed by atoms with Gasteiger partial charge >= 0.3 is 0 Å². The number of hydrogen-bond acceptors (Lipinski definition) is 2. The summed E-state index contributed by atoms with van der Waals surface area (Å²) in [5.74, 6) is 2.33. The highest BCUT2D eigenvalue weighted by Gasteiger charge is 2.55. The minimum Gasteiger partial charge on any atom is -0.508 e. The van der Waals surface area contributed by atoms with Gasteiger partial charge in [-0.3, -0.25) is 4.79 Å². The Hall–Kier alpha value is -1.57. The fourth-order valence-electron chi connectivity index (χ4n) is 5.31. The van der Waals surface area contributed by atoms with Gasteiger partial charge in [-0.25, -0.2) is 0 Å². The van der Waals surface area contributed by atoms with Gasteiger partial charge in [0, 0.05) is 5.41 Å². The number of carbonyl (C=O) groups is 1. The van der Waals surface area contributed by atoms with E-state index >= 15 is 0 Å². The molecule has 0 radical (unpaired) electrons. The van der Waals surface area contributed by atoms with Crippen LogP contribution in [-0.2, 0) is 11.2 Å². The van der Waals surface area contributed by atoms with E-state index in [4.69, 9.17) is 0 Å². The third-order valence-corrected chi connectivity index (χ3v) is 6.41. The number of hydrogen-bond donors (Lipinski definition) is 1. The van der Waals surface area contributed by atoms with Crippen LogP contribution in [0.2, 0.25) is 0 Å². The zero-order valence-corrected chi connectivity index (χ0v) is 12.6. The molecule has 0 saturated heterocycles. The van der Waals surface area contributed by atoms with Crippen molar-refractivity contribution >= 4 is 5.78 Å². The number of fused-ring (bicyclic) bond motifs is 5. The highest BCUT2D eigenvalue weighted by Crippen LogP contribution is 2.60. The Morgan fingerprint density at radius 1 is 1.33 bits per heavy atom. The van der Waals surface area contributed by atoms with Gasteiger partial charge in [-0.15, -0.1) is 0 Å². The zero-order valence-electron chi connectivity index (χ0n) is 12.6. The van der Waals surface area contributed by atoms with Crippen molar-refractivity contribution < 1.29 is 9.90 Å². The summed E-state index contributed by atoms with van der Waals surface area (Å²) in [6.45, 7) is 6.18. The monoisotopic (exact) mass is 282 g/mol. The van der Waals surface area contributed by atoms with E-state index in [0.717, 1.165) is 37.7 Å². The lowest BCUT2D eigenvalue weighted by atomic mass is 9.55. The molecule has 0 unspecified atom stereocenters. The summed E-state index contributed by atoms with van der Waals surface area (Å²) in [5.41, 5.74) is 3.41. The molecule has 3 aliphatic rings. The van der Waals surface area contributed by atoms with Crippen molar-refractivity contribution in [2.75, 3.05) is 0 Å². The van der Waals surface area contributed by atoms with Crippen LogP contribution in [0, 0.1) is 17.3 Å². The number of phenols is 1. The summed E-state index contributed by atoms with van der Waals surface area (Å²) in [6, 6.07) is 5.85. The molecule has 2 saturated carbocycles. The molecule has 0 spiro atoms. The molecule has 0 aliphatic heterocycles. The second-order valence-electron chi connectivity index (χ2n) is 7.39. The van der Waals surface area contributed by atoms with Crippen LogP contribution >= 0.6 is 0 Å². The SMILES string of the molecule is C=C1C[C@H]2[C@@H]3CCc4cc(O)ccc4[C@H]3CC[C@]2(C)C1=O. The minimum atomic E-state index is -0.160. The molecule has 2 heteroatoms. The van der Waals surface area contributed by atoms with E-state index < -0.39 is 0 Å². The van der Waals surface area contributed by atoms with Crippen LogP contribution in [0.3, 0.4) is 0 Å². The normalized spacial score (nSPS) is 37.9. The second kappa shape index (κ2) is 4.22. The Kier molecular flexibility index (Phi) is 2.64. The maximum Gasteiger partial charge on any atom is 0.164 e. The Morgan fingerprint density at radius 3 is 2.95 bits per heavy atom. The van der Waals surface area contributed by atoms with E-state index in [1.807, 2.05) is 12.1 Å². The molecule has 21 heavy (non-hydrogen) atoms. The first kappa shape index (κ1) is 13.1. The van der Waals surface area contributed by atoms with E-state index in [1.54, 1.807) is 0 Å². The van der Waals surface area contributed by atoms with Crippen molar-refractivity contribution in [2.24, 2.45) is 17.3 Å². The molecule has 2 nitrogen and oxygen atoms in total. The Balaban J connectivity index is 1.74. The third-order valence-electron chi connectivity index (χ3n) is 6.41. The lowest BCUT2D eigenvalue weighted by molar-refractivity contribution is -0.127. The molecule has 0 bridgehead atoms. The van der Waals surface area contributed by atoms with E-state index in [-0.39, 0.29) is 5.41 Å². The molecule has 1 aromatic carbocycles. The van der Waals surface area contributed by atoms with Gasteiger partial charge in [0.05, 0.1) is 0 Å². The van der Waals surface area contributed by atoms with E-state index in [9.17, 15) is 9.90 Å². The maximum absolute atomic E-state index is 12.5. The number of Topliss-reactive ketones (excluding diaryl/α,β-unsaturated/α-hetero) is 1. The first-order chi connectivity index (χ1) is 10.0. The van der Waals surface area contributed by atoms with Gasteiger partial charge in [0.25, 0.3) is 0 Å². The lowest BCUT2D eigenvalue weighted by Crippen LogP contribution is -2.42. The molecular weight excluding hydrogens is 260 g/mol. The van der Waals surface area contributed by atoms with Crippen LogP contribution in [0.25, 0.3) is 0 Å². The lowest BCUT2D eigenvalue weighted by Gasteiger charge is -2.48. The van der Waals surface area contributed by atoms with E-state index in [0.29, 0.717) is 29.3 Å². The van der Waals surface area contributed by atoms with Gasteiger partial charge in [0.15, 0.2) is 5.78 Å². The van der Waals surface area contributed by atoms with Crippen molar-refractivity contribution in [1.29, 1.82) is 0 Å². The summed E-state index contributed by atoms with van der Waals surface area (Å²) in [7, 11) is 0. The molecule has 4 atom stereocenters. The largest absolute Gasteiger partial charge is 0.508 e. The number of allylic oxidation sites excluding steroid dienone is 1. The highest BCUT2D eigenvalue weighted by molar-refractivity contribution is 6.02. The number of benzene rings is 1. The smallest absolute Gasteiger partial charge is 0.164 e. The number of phenolic OH excluding ortho intramolecular Hbond substituents is 1. The van der Waals surface area contributed by atoms with E-state index in [2.05, 4.69) is 19.6 Å². The van der Waals surface area contributed by atoms with Crippen molar-refractivity contribution in [3.8, 4) is 5.75 Å². The van der Waals surface area contributed by atoms with Crippen LogP contribution in [0.15, 0.2) is 30.4 Å². The van der Waals surface area contributed by atoms with Gasteiger partial charge in [-0.1, -0.05) is 19.6 Å². The fraction of sp³-hybridized carbons (Fsp3) is 0.526. The minimum absolute atomic E-state index is 0.160. The number of carbonyl (C=O) groups excluding carboxylic acids is 1. The quantitative estimate of drug-likeness (QED) is 0.731. The van der Waals surface area contributed by atoms with Gasteiger partial charge in [0.2, 0.25) is 0 Å². The Bertz CT molecular complexity index is 645. The van der Waals surface area contributed by atoms with Crippen LogP contribution < -0.4 is 0 Å². The van der Waals surface area contributed by atoms with Crippen LogP contribution in [0.4, 0.5) is 0 Å². The van der Waals surface area contributed by atoms with Crippen LogP contribution in [0.1, 0.15) is 49.7 Å². The number of rotatable bonds is 0. The number of ketones is 1. The van der Waals surface area contributed by atoms with Gasteiger partial charge in [-0.05, 0) is 78.7 Å². The molecule has 110 valence electrons. The third kappa shape index (κ3) is 1.68. The molecule has 0 heterocycles. The topological polar surface area (TPSA) is 37.3 Å². The van der Waals surface area contributed by atoms with Gasteiger partial charge in [-0.2, -0.15) is 0 Å². The van der Waals surface area contributed by atoms with Crippen molar-refractivity contribution in [1.82, 2.24) is 0 Å². The molecular formula is C19H22O2. The first-order valence-corrected chi connectivity index (χ1v) is 8.05. The Morgan fingerprint density at radius 2 is 2.14 bits per heavy atom. The van der Waals surface area contributed by atoms with E-state index in [1.165, 1.54) is 11.1 Å². The summed E-state index contributed by atoms with van der Waals surface area (Å²) in [5, 5.41) is 9.69. The highest BCUT2D eigenvalue weighted by atomic mass is 16.3. The fourth-order valence-corrected chi connectivity index (χ4v) is 5.31. The molecule has 4 rings (SSSR count). The molecule has 0 aromatic heterocycles. The first-order valence-electron chi connectivity index (χ1n) is 8.05.